The van der Waals surface area contributed by atoms with Crippen LogP contribution in [0.2, 0.25) is 0 Å². The smallest absolute Gasteiger partial charge is 0.309 e. The zero-order chi connectivity index (χ0) is 11.6. The van der Waals surface area contributed by atoms with Gasteiger partial charge in [-0.15, -0.1) is 0 Å². The molecule has 0 fully saturated rings. The van der Waals surface area contributed by atoms with Crippen LogP contribution in [0, 0.1) is 12.3 Å². The first-order valence-electron chi connectivity index (χ1n) is 4.81. The molecule has 0 heterocycles. The van der Waals surface area contributed by atoms with Gasteiger partial charge in [0.15, 0.2) is 0 Å². The number of halogens is 1. The Bertz CT molecular complexity index is 383. The maximum absolute atomic E-state index is 11.0. The summed E-state index contributed by atoms with van der Waals surface area (Å²) < 4.78 is 0.974. The van der Waals surface area contributed by atoms with E-state index in [2.05, 4.69) is 15.9 Å². The van der Waals surface area contributed by atoms with Crippen molar-refractivity contribution in [2.24, 2.45) is 5.41 Å². The highest BCUT2D eigenvalue weighted by Crippen LogP contribution is 2.27. The molecule has 2 nitrogen and oxygen atoms in total. The molecule has 82 valence electrons. The van der Waals surface area contributed by atoms with Crippen molar-refractivity contribution in [1.82, 2.24) is 0 Å². The molecule has 0 spiro atoms. The zero-order valence-corrected chi connectivity index (χ0v) is 10.8. The number of carboxylic acid groups (broad SMARTS) is 1. The molecular formula is C12H15BrO2. The normalized spacial score (nSPS) is 11.5. The fourth-order valence-electron chi connectivity index (χ4n) is 1.39. The van der Waals surface area contributed by atoms with E-state index >= 15 is 0 Å². The summed E-state index contributed by atoms with van der Waals surface area (Å²) in [5.41, 5.74) is 1.47. The quantitative estimate of drug-likeness (QED) is 0.914. The minimum Gasteiger partial charge on any atom is -0.481 e. The van der Waals surface area contributed by atoms with E-state index in [9.17, 15) is 4.79 Å². The second kappa shape index (κ2) is 4.35. The third-order valence-electron chi connectivity index (χ3n) is 2.41. The number of aryl methyl sites for hydroxylation is 1. The first kappa shape index (κ1) is 12.2. The standard InChI is InChI=1S/C12H15BrO2/c1-8-4-5-10(13)9(6-8)7-12(2,3)11(14)15/h4-6H,7H2,1-3H3,(H,14,15). The van der Waals surface area contributed by atoms with E-state index in [1.165, 1.54) is 0 Å². The summed E-state index contributed by atoms with van der Waals surface area (Å²) in [6.45, 7) is 5.48. The van der Waals surface area contributed by atoms with Gasteiger partial charge in [0.05, 0.1) is 5.41 Å². The van der Waals surface area contributed by atoms with Crippen molar-refractivity contribution in [1.29, 1.82) is 0 Å². The van der Waals surface area contributed by atoms with Gasteiger partial charge in [0.25, 0.3) is 0 Å². The molecule has 0 aliphatic carbocycles. The molecule has 0 saturated carbocycles. The Kier molecular flexibility index (Phi) is 3.55. The summed E-state index contributed by atoms with van der Waals surface area (Å²) in [5, 5.41) is 9.05. The highest BCUT2D eigenvalue weighted by Gasteiger charge is 2.28. The summed E-state index contributed by atoms with van der Waals surface area (Å²) in [7, 11) is 0. The summed E-state index contributed by atoms with van der Waals surface area (Å²) in [6, 6.07) is 5.98. The fraction of sp³-hybridized carbons (Fsp3) is 0.417. The molecule has 0 radical (unpaired) electrons. The Morgan fingerprint density at radius 1 is 1.47 bits per heavy atom. The van der Waals surface area contributed by atoms with Crippen molar-refractivity contribution in [2.75, 3.05) is 0 Å². The van der Waals surface area contributed by atoms with Crippen LogP contribution in [0.1, 0.15) is 25.0 Å². The van der Waals surface area contributed by atoms with Gasteiger partial charge in [-0.3, -0.25) is 4.79 Å². The highest BCUT2D eigenvalue weighted by molar-refractivity contribution is 9.10. The summed E-state index contributed by atoms with van der Waals surface area (Å²) in [4.78, 5) is 11.0. The van der Waals surface area contributed by atoms with Crippen LogP contribution < -0.4 is 0 Å². The van der Waals surface area contributed by atoms with Gasteiger partial charge in [0.2, 0.25) is 0 Å². The first-order chi connectivity index (χ1) is 6.83. The average molecular weight is 271 g/mol. The molecule has 1 rings (SSSR count). The number of hydrogen-bond acceptors (Lipinski definition) is 1. The third kappa shape index (κ3) is 3.06. The van der Waals surface area contributed by atoms with E-state index < -0.39 is 11.4 Å². The molecule has 0 aliphatic heterocycles. The highest BCUT2D eigenvalue weighted by atomic mass is 79.9. The number of rotatable bonds is 3. The van der Waals surface area contributed by atoms with Gasteiger partial charge in [-0.05, 0) is 38.8 Å². The lowest BCUT2D eigenvalue weighted by atomic mass is 9.85. The van der Waals surface area contributed by atoms with Crippen LogP contribution in [0.4, 0.5) is 0 Å². The molecule has 3 heteroatoms. The van der Waals surface area contributed by atoms with E-state index in [1.54, 1.807) is 13.8 Å². The maximum Gasteiger partial charge on any atom is 0.309 e. The van der Waals surface area contributed by atoms with Crippen LogP contribution in [-0.2, 0) is 11.2 Å². The number of carboxylic acids is 1. The predicted octanol–water partition coefficient (Wildman–Crippen LogP) is 3.41. The lowest BCUT2D eigenvalue weighted by molar-refractivity contribution is -0.146. The number of aliphatic carboxylic acids is 1. The minimum atomic E-state index is -0.768. The van der Waals surface area contributed by atoms with Crippen molar-refractivity contribution in [2.45, 2.75) is 27.2 Å². The minimum absolute atomic E-state index is 0.532. The third-order valence-corrected chi connectivity index (χ3v) is 3.19. The lowest BCUT2D eigenvalue weighted by Gasteiger charge is -2.20. The SMILES string of the molecule is Cc1ccc(Br)c(CC(C)(C)C(=O)O)c1. The zero-order valence-electron chi connectivity index (χ0n) is 9.17. The van der Waals surface area contributed by atoms with Gasteiger partial charge >= 0.3 is 5.97 Å². The van der Waals surface area contributed by atoms with Gasteiger partial charge in [0, 0.05) is 4.47 Å². The Morgan fingerprint density at radius 2 is 2.07 bits per heavy atom. The van der Waals surface area contributed by atoms with Crippen LogP contribution >= 0.6 is 15.9 Å². The van der Waals surface area contributed by atoms with E-state index in [1.807, 2.05) is 25.1 Å². The van der Waals surface area contributed by atoms with Crippen molar-refractivity contribution in [3.8, 4) is 0 Å². The maximum atomic E-state index is 11.0. The largest absolute Gasteiger partial charge is 0.481 e. The molecule has 1 aromatic carbocycles. The molecule has 0 atom stereocenters. The fourth-order valence-corrected chi connectivity index (χ4v) is 1.78. The van der Waals surface area contributed by atoms with E-state index in [4.69, 9.17) is 5.11 Å². The van der Waals surface area contributed by atoms with Crippen molar-refractivity contribution >= 4 is 21.9 Å². The van der Waals surface area contributed by atoms with Crippen LogP contribution in [0.25, 0.3) is 0 Å². The van der Waals surface area contributed by atoms with E-state index in [-0.39, 0.29) is 0 Å². The van der Waals surface area contributed by atoms with Gasteiger partial charge in [-0.25, -0.2) is 0 Å². The number of benzene rings is 1. The second-order valence-electron chi connectivity index (χ2n) is 4.46. The van der Waals surface area contributed by atoms with Gasteiger partial charge < -0.3 is 5.11 Å². The predicted molar refractivity (Wildman–Crippen MR) is 64.0 cm³/mol. The average Bonchev–Trinajstić information content (AvgIpc) is 2.10. The van der Waals surface area contributed by atoms with Gasteiger partial charge in [-0.2, -0.15) is 0 Å². The lowest BCUT2D eigenvalue weighted by Crippen LogP contribution is -2.26. The van der Waals surface area contributed by atoms with Gasteiger partial charge in [0.1, 0.15) is 0 Å². The molecule has 0 aromatic heterocycles. The Morgan fingerprint density at radius 3 is 2.60 bits per heavy atom. The van der Waals surface area contributed by atoms with Crippen LogP contribution in [0.3, 0.4) is 0 Å². The summed E-state index contributed by atoms with van der Waals surface area (Å²) in [6.07, 6.45) is 0.532. The van der Waals surface area contributed by atoms with Gasteiger partial charge in [-0.1, -0.05) is 33.6 Å². The van der Waals surface area contributed by atoms with Crippen LogP contribution in [0.5, 0.6) is 0 Å². The number of hydrogen-bond donors (Lipinski definition) is 1. The summed E-state index contributed by atoms with van der Waals surface area (Å²) in [5.74, 6) is -0.768. The molecule has 0 aliphatic rings. The Hall–Kier alpha value is -0.830. The Balaban J connectivity index is 2.99. The molecule has 0 amide bonds. The molecule has 15 heavy (non-hydrogen) atoms. The van der Waals surface area contributed by atoms with Crippen molar-refractivity contribution < 1.29 is 9.90 Å². The Labute approximate surface area is 98.4 Å². The molecule has 0 bridgehead atoms. The van der Waals surface area contributed by atoms with Crippen molar-refractivity contribution in [3.05, 3.63) is 33.8 Å². The van der Waals surface area contributed by atoms with Crippen LogP contribution in [-0.4, -0.2) is 11.1 Å². The molecule has 1 aromatic rings. The molecule has 0 saturated heterocycles. The van der Waals surface area contributed by atoms with Crippen molar-refractivity contribution in [3.63, 3.8) is 0 Å². The van der Waals surface area contributed by atoms with E-state index in [0.29, 0.717) is 6.42 Å². The molecule has 0 unspecified atom stereocenters. The second-order valence-corrected chi connectivity index (χ2v) is 5.32. The topological polar surface area (TPSA) is 37.3 Å². The van der Waals surface area contributed by atoms with E-state index in [0.717, 1.165) is 15.6 Å². The first-order valence-corrected chi connectivity index (χ1v) is 5.60. The molecule has 1 N–H and O–H groups in total. The molecular weight excluding hydrogens is 256 g/mol. The number of carbonyl (C=O) groups is 1. The monoisotopic (exact) mass is 270 g/mol. The summed E-state index contributed by atoms with van der Waals surface area (Å²) >= 11 is 3.44. The van der Waals surface area contributed by atoms with Crippen LogP contribution in [0.15, 0.2) is 22.7 Å².